The largest absolute Gasteiger partial charge is 0.391 e. The zero-order chi connectivity index (χ0) is 15.0. The molecule has 1 aromatic heterocycles. The molecule has 1 aliphatic carbocycles. The number of anilines is 1. The van der Waals surface area contributed by atoms with Gasteiger partial charge in [-0.1, -0.05) is 0 Å². The maximum Gasteiger partial charge on any atom is 0.278 e. The van der Waals surface area contributed by atoms with Crippen molar-refractivity contribution in [1.29, 1.82) is 0 Å². The van der Waals surface area contributed by atoms with Crippen LogP contribution in [0.5, 0.6) is 0 Å². The summed E-state index contributed by atoms with van der Waals surface area (Å²) >= 11 is 0. The molecular weight excluding hydrogens is 270 g/mol. The van der Waals surface area contributed by atoms with Crippen LogP contribution >= 0.6 is 0 Å². The summed E-state index contributed by atoms with van der Waals surface area (Å²) < 4.78 is 0. The molecule has 0 spiro atoms. The Morgan fingerprint density at radius 1 is 1.48 bits per heavy atom. The Morgan fingerprint density at radius 2 is 2.24 bits per heavy atom. The van der Waals surface area contributed by atoms with Crippen molar-refractivity contribution in [2.24, 2.45) is 5.92 Å². The molecule has 21 heavy (non-hydrogen) atoms. The number of fused-ring (bicyclic) bond motifs is 1. The van der Waals surface area contributed by atoms with Gasteiger partial charge in [-0.2, -0.15) is 0 Å². The zero-order valence-electron chi connectivity index (χ0n) is 11.7. The van der Waals surface area contributed by atoms with E-state index in [0.29, 0.717) is 17.8 Å². The fourth-order valence-corrected chi connectivity index (χ4v) is 2.50. The number of aryl methyl sites for hydroxylation is 1. The van der Waals surface area contributed by atoms with Gasteiger partial charge >= 0.3 is 0 Å². The maximum atomic E-state index is 11.1. The molecule has 1 heterocycles. The van der Waals surface area contributed by atoms with Crippen molar-refractivity contribution in [1.82, 2.24) is 4.98 Å². The van der Waals surface area contributed by atoms with Gasteiger partial charge in [0, 0.05) is 35.6 Å². The van der Waals surface area contributed by atoms with Gasteiger partial charge < -0.3 is 10.4 Å². The minimum atomic E-state index is -0.401. The molecule has 1 fully saturated rings. The molecule has 1 unspecified atom stereocenters. The lowest BCUT2D eigenvalue weighted by Crippen LogP contribution is -2.21. The fraction of sp³-hybridized carbons (Fsp3) is 0.400. The maximum absolute atomic E-state index is 11.1. The molecule has 1 saturated carbocycles. The van der Waals surface area contributed by atoms with Gasteiger partial charge in [0.1, 0.15) is 0 Å². The van der Waals surface area contributed by atoms with Crippen molar-refractivity contribution >= 4 is 22.1 Å². The molecule has 0 radical (unpaired) electrons. The predicted octanol–water partition coefficient (Wildman–Crippen LogP) is 2.63. The number of nitro groups is 1. The van der Waals surface area contributed by atoms with E-state index in [4.69, 9.17) is 0 Å². The second-order valence-corrected chi connectivity index (χ2v) is 5.55. The summed E-state index contributed by atoms with van der Waals surface area (Å²) in [6.45, 7) is 2.31. The molecule has 1 atom stereocenters. The Balaban J connectivity index is 1.95. The first-order valence-electron chi connectivity index (χ1n) is 7.02. The van der Waals surface area contributed by atoms with Crippen LogP contribution in [0, 0.1) is 23.0 Å². The third-order valence-electron chi connectivity index (χ3n) is 3.88. The minimum absolute atomic E-state index is 0.0470. The zero-order valence-corrected chi connectivity index (χ0v) is 11.7. The van der Waals surface area contributed by atoms with Crippen molar-refractivity contribution < 1.29 is 10.0 Å². The van der Waals surface area contributed by atoms with E-state index < -0.39 is 4.92 Å². The molecule has 6 heteroatoms. The topological polar surface area (TPSA) is 88.3 Å². The highest BCUT2D eigenvalue weighted by Gasteiger charge is 2.29. The SMILES string of the molecule is Cc1cc2c(NCC(O)C3CC3)ccc([N+](=O)[O-])c2cn1. The summed E-state index contributed by atoms with van der Waals surface area (Å²) in [5.41, 5.74) is 1.64. The first-order chi connectivity index (χ1) is 10.1. The van der Waals surface area contributed by atoms with Gasteiger partial charge in [-0.25, -0.2) is 0 Å². The van der Waals surface area contributed by atoms with Gasteiger partial charge in [-0.15, -0.1) is 0 Å². The summed E-state index contributed by atoms with van der Waals surface area (Å²) in [6.07, 6.45) is 3.32. The van der Waals surface area contributed by atoms with Crippen LogP contribution in [0.3, 0.4) is 0 Å². The predicted molar refractivity (Wildman–Crippen MR) is 80.4 cm³/mol. The van der Waals surface area contributed by atoms with E-state index in [1.54, 1.807) is 6.07 Å². The van der Waals surface area contributed by atoms with Gasteiger partial charge in [0.05, 0.1) is 16.4 Å². The van der Waals surface area contributed by atoms with Crippen LogP contribution < -0.4 is 5.32 Å². The normalized spacial score (nSPS) is 15.9. The Labute approximate surface area is 122 Å². The standard InChI is InChI=1S/C15H17N3O3/c1-9-6-11-12(7-16-9)14(18(20)21)5-4-13(11)17-8-15(19)10-2-3-10/h4-7,10,15,17,19H,2-3,8H2,1H3. The third kappa shape index (κ3) is 2.80. The fourth-order valence-electron chi connectivity index (χ4n) is 2.50. The quantitative estimate of drug-likeness (QED) is 0.652. The van der Waals surface area contributed by atoms with Crippen LogP contribution in [0.15, 0.2) is 24.4 Å². The molecule has 0 aliphatic heterocycles. The van der Waals surface area contributed by atoms with Crippen molar-refractivity contribution in [2.45, 2.75) is 25.9 Å². The van der Waals surface area contributed by atoms with Gasteiger partial charge in [0.2, 0.25) is 0 Å². The Kier molecular flexibility index (Phi) is 3.47. The van der Waals surface area contributed by atoms with E-state index in [-0.39, 0.29) is 11.8 Å². The molecule has 6 nitrogen and oxygen atoms in total. The Bertz CT molecular complexity index is 698. The Hall–Kier alpha value is -2.21. The molecule has 2 aromatic rings. The van der Waals surface area contributed by atoms with Crippen LogP contribution in [0.2, 0.25) is 0 Å². The van der Waals surface area contributed by atoms with Crippen molar-refractivity contribution in [3.05, 3.63) is 40.2 Å². The minimum Gasteiger partial charge on any atom is -0.391 e. The number of nitro benzene ring substituents is 1. The molecule has 1 aliphatic rings. The monoisotopic (exact) mass is 287 g/mol. The molecular formula is C15H17N3O3. The lowest BCUT2D eigenvalue weighted by atomic mass is 10.1. The first kappa shape index (κ1) is 13.8. The van der Waals surface area contributed by atoms with Crippen LogP contribution in [-0.2, 0) is 0 Å². The average molecular weight is 287 g/mol. The van der Waals surface area contributed by atoms with E-state index in [1.165, 1.54) is 12.3 Å². The second kappa shape index (κ2) is 5.29. The van der Waals surface area contributed by atoms with Crippen molar-refractivity contribution in [2.75, 3.05) is 11.9 Å². The number of nitrogens with one attached hydrogen (secondary N) is 1. The van der Waals surface area contributed by atoms with E-state index in [2.05, 4.69) is 10.3 Å². The van der Waals surface area contributed by atoms with E-state index in [1.807, 2.05) is 13.0 Å². The highest BCUT2D eigenvalue weighted by molar-refractivity contribution is 5.99. The summed E-state index contributed by atoms with van der Waals surface area (Å²) in [5, 5.41) is 25.5. The van der Waals surface area contributed by atoms with Gasteiger partial charge in [0.25, 0.3) is 5.69 Å². The lowest BCUT2D eigenvalue weighted by molar-refractivity contribution is -0.383. The molecule has 1 aromatic carbocycles. The van der Waals surface area contributed by atoms with Crippen molar-refractivity contribution in [3.63, 3.8) is 0 Å². The number of nitrogens with zero attached hydrogens (tertiary/aromatic N) is 2. The van der Waals surface area contributed by atoms with E-state index in [0.717, 1.165) is 29.6 Å². The van der Waals surface area contributed by atoms with Gasteiger partial charge in [-0.3, -0.25) is 15.1 Å². The highest BCUT2D eigenvalue weighted by atomic mass is 16.6. The summed E-state index contributed by atoms with van der Waals surface area (Å²) in [5.74, 6) is 0.394. The second-order valence-electron chi connectivity index (χ2n) is 5.55. The number of non-ortho nitro benzene ring substituents is 1. The molecule has 0 saturated heterocycles. The smallest absolute Gasteiger partial charge is 0.278 e. The number of rotatable bonds is 5. The van der Waals surface area contributed by atoms with Crippen LogP contribution in [-0.4, -0.2) is 27.7 Å². The molecule has 110 valence electrons. The number of aliphatic hydroxyl groups is 1. The van der Waals surface area contributed by atoms with E-state index in [9.17, 15) is 15.2 Å². The molecule has 0 bridgehead atoms. The molecule has 2 N–H and O–H groups in total. The van der Waals surface area contributed by atoms with Crippen molar-refractivity contribution in [3.8, 4) is 0 Å². The third-order valence-corrected chi connectivity index (χ3v) is 3.88. The molecule has 3 rings (SSSR count). The first-order valence-corrected chi connectivity index (χ1v) is 7.02. The molecule has 0 amide bonds. The average Bonchev–Trinajstić information content (AvgIpc) is 3.28. The van der Waals surface area contributed by atoms with Gasteiger partial charge in [-0.05, 0) is 37.8 Å². The number of aromatic nitrogens is 1. The van der Waals surface area contributed by atoms with Gasteiger partial charge in [0.15, 0.2) is 0 Å². The highest BCUT2D eigenvalue weighted by Crippen LogP contribution is 2.34. The van der Waals surface area contributed by atoms with Crippen LogP contribution in [0.25, 0.3) is 10.8 Å². The summed E-state index contributed by atoms with van der Waals surface area (Å²) in [7, 11) is 0. The number of aliphatic hydroxyl groups excluding tert-OH is 1. The van der Waals surface area contributed by atoms with Crippen LogP contribution in [0.1, 0.15) is 18.5 Å². The lowest BCUT2D eigenvalue weighted by Gasteiger charge is -2.14. The summed E-state index contributed by atoms with van der Waals surface area (Å²) in [4.78, 5) is 14.8. The number of pyridine rings is 1. The van der Waals surface area contributed by atoms with Crippen LogP contribution in [0.4, 0.5) is 11.4 Å². The number of hydrogen-bond donors (Lipinski definition) is 2. The summed E-state index contributed by atoms with van der Waals surface area (Å²) in [6, 6.07) is 5.00. The van der Waals surface area contributed by atoms with E-state index >= 15 is 0 Å². The number of benzene rings is 1. The number of hydrogen-bond acceptors (Lipinski definition) is 5. The Morgan fingerprint density at radius 3 is 2.90 bits per heavy atom.